The highest BCUT2D eigenvalue weighted by atomic mass is 35.5. The lowest BCUT2D eigenvalue weighted by Gasteiger charge is -2.29. The van der Waals surface area contributed by atoms with Crippen LogP contribution >= 0.6 is 23.2 Å². The van der Waals surface area contributed by atoms with E-state index in [1.165, 1.54) is 12.8 Å². The van der Waals surface area contributed by atoms with E-state index >= 15 is 0 Å². The molecule has 2 rings (SSSR count). The summed E-state index contributed by atoms with van der Waals surface area (Å²) in [6, 6.07) is 3.42. The number of amides is 1. The Morgan fingerprint density at radius 2 is 2.06 bits per heavy atom. The molecule has 0 aromatic carbocycles. The second kappa shape index (κ2) is 5.89. The van der Waals surface area contributed by atoms with Gasteiger partial charge in [0.1, 0.15) is 10.3 Å². The highest BCUT2D eigenvalue weighted by Crippen LogP contribution is 2.24. The maximum atomic E-state index is 12.1. The minimum atomic E-state index is -0.164. The molecule has 1 N–H and O–H groups in total. The zero-order valence-corrected chi connectivity index (χ0v) is 11.8. The first-order chi connectivity index (χ1) is 8.58. The molecule has 0 saturated heterocycles. The summed E-state index contributed by atoms with van der Waals surface area (Å²) in [5.74, 6) is 0.352. The first-order valence-electron chi connectivity index (χ1n) is 6.21. The van der Waals surface area contributed by atoms with Crippen LogP contribution in [0.2, 0.25) is 10.3 Å². The number of aromatic nitrogens is 1. The zero-order chi connectivity index (χ0) is 13.1. The van der Waals surface area contributed by atoms with E-state index in [1.807, 2.05) is 0 Å². The SMILES string of the molecule is CC1CCCCC1NC(=O)c1ccc(Cl)nc1Cl. The third-order valence-corrected chi connectivity index (χ3v) is 3.99. The van der Waals surface area contributed by atoms with E-state index in [0.717, 1.165) is 12.8 Å². The molecule has 1 saturated carbocycles. The summed E-state index contributed by atoms with van der Waals surface area (Å²) in [4.78, 5) is 16.0. The van der Waals surface area contributed by atoms with Gasteiger partial charge in [0.05, 0.1) is 5.56 Å². The Morgan fingerprint density at radius 3 is 2.72 bits per heavy atom. The Bertz CT molecular complexity index is 451. The smallest absolute Gasteiger partial charge is 0.254 e. The van der Waals surface area contributed by atoms with Crippen LogP contribution in [0.1, 0.15) is 43.0 Å². The van der Waals surface area contributed by atoms with Crippen molar-refractivity contribution in [3.8, 4) is 0 Å². The molecule has 3 nitrogen and oxygen atoms in total. The summed E-state index contributed by atoms with van der Waals surface area (Å²) in [6.45, 7) is 2.17. The van der Waals surface area contributed by atoms with Crippen LogP contribution in [-0.4, -0.2) is 16.9 Å². The van der Waals surface area contributed by atoms with Gasteiger partial charge in [0, 0.05) is 6.04 Å². The molecule has 1 heterocycles. The Morgan fingerprint density at radius 1 is 1.33 bits per heavy atom. The second-order valence-electron chi connectivity index (χ2n) is 4.81. The maximum Gasteiger partial charge on any atom is 0.254 e. The van der Waals surface area contributed by atoms with Crippen LogP contribution in [0.15, 0.2) is 12.1 Å². The van der Waals surface area contributed by atoms with E-state index < -0.39 is 0 Å². The number of carbonyl (C=O) groups is 1. The van der Waals surface area contributed by atoms with Crippen molar-refractivity contribution in [2.45, 2.75) is 38.6 Å². The first-order valence-corrected chi connectivity index (χ1v) is 6.96. The molecule has 2 unspecified atom stereocenters. The predicted molar refractivity (Wildman–Crippen MR) is 73.1 cm³/mol. The Kier molecular flexibility index (Phi) is 4.46. The number of nitrogens with one attached hydrogen (secondary N) is 1. The van der Waals surface area contributed by atoms with Gasteiger partial charge in [-0.25, -0.2) is 4.98 Å². The molecule has 18 heavy (non-hydrogen) atoms. The fourth-order valence-electron chi connectivity index (χ4n) is 2.36. The number of hydrogen-bond acceptors (Lipinski definition) is 2. The summed E-state index contributed by atoms with van der Waals surface area (Å²) in [5.41, 5.74) is 0.388. The molecule has 1 aliphatic carbocycles. The molecule has 0 aliphatic heterocycles. The van der Waals surface area contributed by atoms with Crippen LogP contribution in [0.3, 0.4) is 0 Å². The summed E-state index contributed by atoms with van der Waals surface area (Å²) >= 11 is 11.6. The molecule has 1 fully saturated rings. The number of hydrogen-bond donors (Lipinski definition) is 1. The third kappa shape index (κ3) is 3.15. The fraction of sp³-hybridized carbons (Fsp3) is 0.538. The van der Waals surface area contributed by atoms with E-state index in [2.05, 4.69) is 17.2 Å². The molecule has 0 spiro atoms. The summed E-state index contributed by atoms with van der Waals surface area (Å²) < 4.78 is 0. The van der Waals surface area contributed by atoms with E-state index in [0.29, 0.717) is 16.6 Å². The quantitative estimate of drug-likeness (QED) is 0.843. The van der Waals surface area contributed by atoms with Crippen LogP contribution in [-0.2, 0) is 0 Å². The number of pyridine rings is 1. The van der Waals surface area contributed by atoms with Crippen LogP contribution in [0, 0.1) is 5.92 Å². The van der Waals surface area contributed by atoms with Crippen molar-refractivity contribution >= 4 is 29.1 Å². The highest BCUT2D eigenvalue weighted by Gasteiger charge is 2.24. The maximum absolute atomic E-state index is 12.1. The Labute approximate surface area is 117 Å². The third-order valence-electron chi connectivity index (χ3n) is 3.49. The van der Waals surface area contributed by atoms with Crippen molar-refractivity contribution in [1.29, 1.82) is 0 Å². The minimum Gasteiger partial charge on any atom is -0.349 e. The van der Waals surface area contributed by atoms with E-state index in [-0.39, 0.29) is 17.1 Å². The predicted octanol–water partition coefficient (Wildman–Crippen LogP) is 3.70. The lowest BCUT2D eigenvalue weighted by Crippen LogP contribution is -2.41. The van der Waals surface area contributed by atoms with E-state index in [9.17, 15) is 4.79 Å². The Balaban J connectivity index is 2.07. The molecule has 98 valence electrons. The average Bonchev–Trinajstić information content (AvgIpc) is 2.32. The molecule has 1 aromatic heterocycles. The lowest BCUT2D eigenvalue weighted by atomic mass is 9.86. The van der Waals surface area contributed by atoms with Crippen molar-refractivity contribution in [3.63, 3.8) is 0 Å². The van der Waals surface area contributed by atoms with Crippen LogP contribution in [0.4, 0.5) is 0 Å². The molecule has 1 aromatic rings. The molecular weight excluding hydrogens is 271 g/mol. The normalized spacial score (nSPS) is 23.7. The van der Waals surface area contributed by atoms with Gasteiger partial charge >= 0.3 is 0 Å². The van der Waals surface area contributed by atoms with Crippen molar-refractivity contribution < 1.29 is 4.79 Å². The topological polar surface area (TPSA) is 42.0 Å². The highest BCUT2D eigenvalue weighted by molar-refractivity contribution is 6.34. The largest absolute Gasteiger partial charge is 0.349 e. The van der Waals surface area contributed by atoms with Crippen molar-refractivity contribution in [1.82, 2.24) is 10.3 Å². The van der Waals surface area contributed by atoms with Crippen molar-refractivity contribution in [2.75, 3.05) is 0 Å². The fourth-order valence-corrected chi connectivity index (χ4v) is 2.79. The summed E-state index contributed by atoms with van der Waals surface area (Å²) in [7, 11) is 0. The van der Waals surface area contributed by atoms with Gasteiger partial charge in [-0.3, -0.25) is 4.79 Å². The number of halogens is 2. The number of rotatable bonds is 2. The van der Waals surface area contributed by atoms with Gasteiger partial charge in [0.2, 0.25) is 0 Å². The van der Waals surface area contributed by atoms with Crippen LogP contribution in [0.25, 0.3) is 0 Å². The first kappa shape index (κ1) is 13.6. The standard InChI is InChI=1S/C13H16Cl2N2O/c1-8-4-2-3-5-10(8)16-13(18)9-6-7-11(14)17-12(9)15/h6-8,10H,2-5H2,1H3,(H,16,18). The molecular formula is C13H16Cl2N2O. The summed E-state index contributed by atoms with van der Waals surface area (Å²) in [6.07, 6.45) is 4.61. The van der Waals surface area contributed by atoms with Gasteiger partial charge in [-0.1, -0.05) is 43.0 Å². The Hall–Kier alpha value is -0.800. The molecule has 1 amide bonds. The molecule has 0 radical (unpaired) electrons. The van der Waals surface area contributed by atoms with E-state index in [4.69, 9.17) is 23.2 Å². The van der Waals surface area contributed by atoms with Crippen LogP contribution < -0.4 is 5.32 Å². The van der Waals surface area contributed by atoms with Crippen molar-refractivity contribution in [3.05, 3.63) is 28.0 Å². The van der Waals surface area contributed by atoms with Gasteiger partial charge in [-0.2, -0.15) is 0 Å². The van der Waals surface area contributed by atoms with Crippen LogP contribution in [0.5, 0.6) is 0 Å². The molecule has 5 heteroatoms. The van der Waals surface area contributed by atoms with Gasteiger partial charge in [0.25, 0.3) is 5.91 Å². The average molecular weight is 287 g/mol. The van der Waals surface area contributed by atoms with Gasteiger partial charge in [-0.05, 0) is 30.9 Å². The second-order valence-corrected chi connectivity index (χ2v) is 5.56. The van der Waals surface area contributed by atoms with E-state index in [1.54, 1.807) is 12.1 Å². The van der Waals surface area contributed by atoms with Gasteiger partial charge in [-0.15, -0.1) is 0 Å². The molecule has 0 bridgehead atoms. The molecule has 2 atom stereocenters. The number of nitrogens with zero attached hydrogens (tertiary/aromatic N) is 1. The number of carbonyl (C=O) groups excluding carboxylic acids is 1. The van der Waals surface area contributed by atoms with Gasteiger partial charge < -0.3 is 5.32 Å². The lowest BCUT2D eigenvalue weighted by molar-refractivity contribution is 0.0910. The summed E-state index contributed by atoms with van der Waals surface area (Å²) in [5, 5.41) is 3.49. The minimum absolute atomic E-state index is 0.156. The monoisotopic (exact) mass is 286 g/mol. The zero-order valence-electron chi connectivity index (χ0n) is 10.2. The molecule has 1 aliphatic rings. The van der Waals surface area contributed by atoms with Crippen molar-refractivity contribution in [2.24, 2.45) is 5.92 Å². The van der Waals surface area contributed by atoms with Gasteiger partial charge in [0.15, 0.2) is 0 Å².